The Labute approximate surface area is 219 Å². The first-order valence-electron chi connectivity index (χ1n) is 12.8. The van der Waals surface area contributed by atoms with Crippen molar-refractivity contribution in [2.45, 2.75) is 13.8 Å². The fourth-order valence-electron chi connectivity index (χ4n) is 5.01. The van der Waals surface area contributed by atoms with Crippen molar-refractivity contribution in [2.24, 2.45) is 0 Å². The van der Waals surface area contributed by atoms with Crippen LogP contribution in [0.5, 0.6) is 0 Å². The molecule has 0 spiro atoms. The highest BCUT2D eigenvalue weighted by Crippen LogP contribution is 2.43. The van der Waals surface area contributed by atoms with Gasteiger partial charge in [0.1, 0.15) is 0 Å². The summed E-state index contributed by atoms with van der Waals surface area (Å²) >= 11 is 0. The van der Waals surface area contributed by atoms with Crippen molar-refractivity contribution in [3.8, 4) is 11.1 Å². The van der Waals surface area contributed by atoms with Crippen LogP contribution in [0.15, 0.2) is 115 Å². The number of rotatable bonds is 4. The van der Waals surface area contributed by atoms with Crippen LogP contribution in [-0.4, -0.2) is 0 Å². The molecular weight excluding hydrogens is 446 g/mol. The molecule has 1 heterocycles. The standard InChI is InChI=1S/C36H29N/c1-26-10-6-7-11-28(26)18-22-31-24-32(17-16-27(31)2)33-23-21-30-20-19-29-12-8-9-15-35(29)37(36(30)25-33)34-13-4-3-5-14-34/h3-25H,1-2H3/b22-18-. The van der Waals surface area contributed by atoms with Crippen LogP contribution >= 0.6 is 0 Å². The predicted octanol–water partition coefficient (Wildman–Crippen LogP) is 10.1. The molecule has 1 heteroatoms. The molecule has 5 aromatic carbocycles. The first kappa shape index (κ1) is 22.8. The second-order valence-electron chi connectivity index (χ2n) is 9.60. The number of anilines is 3. The molecule has 0 aromatic heterocycles. The predicted molar refractivity (Wildman–Crippen MR) is 160 cm³/mol. The van der Waals surface area contributed by atoms with Gasteiger partial charge in [-0.05, 0) is 88.7 Å². The molecule has 0 saturated carbocycles. The molecule has 1 nitrogen and oxygen atoms in total. The Morgan fingerprint density at radius 2 is 1.11 bits per heavy atom. The van der Waals surface area contributed by atoms with Crippen molar-refractivity contribution in [3.63, 3.8) is 0 Å². The Balaban J connectivity index is 1.45. The third kappa shape index (κ3) is 4.52. The zero-order chi connectivity index (χ0) is 25.2. The summed E-state index contributed by atoms with van der Waals surface area (Å²) < 4.78 is 0. The molecule has 0 aliphatic carbocycles. The summed E-state index contributed by atoms with van der Waals surface area (Å²) in [4.78, 5) is 2.38. The maximum absolute atomic E-state index is 2.38. The summed E-state index contributed by atoms with van der Waals surface area (Å²) in [6.07, 6.45) is 8.90. The van der Waals surface area contributed by atoms with Crippen LogP contribution in [0, 0.1) is 13.8 Å². The molecular formula is C36H29N. The number of fused-ring (bicyclic) bond motifs is 2. The van der Waals surface area contributed by atoms with Gasteiger partial charge in [-0.2, -0.15) is 0 Å². The van der Waals surface area contributed by atoms with Gasteiger partial charge in [0.25, 0.3) is 0 Å². The van der Waals surface area contributed by atoms with Crippen molar-refractivity contribution in [1.82, 2.24) is 0 Å². The van der Waals surface area contributed by atoms with E-state index in [-0.39, 0.29) is 0 Å². The average Bonchev–Trinajstić information content (AvgIpc) is 3.10. The highest BCUT2D eigenvalue weighted by atomic mass is 15.1. The van der Waals surface area contributed by atoms with E-state index in [9.17, 15) is 0 Å². The summed E-state index contributed by atoms with van der Waals surface area (Å²) in [5, 5.41) is 0. The van der Waals surface area contributed by atoms with Crippen LogP contribution in [0.4, 0.5) is 17.1 Å². The molecule has 0 radical (unpaired) electrons. The summed E-state index contributed by atoms with van der Waals surface area (Å²) in [5.74, 6) is 0. The molecule has 0 saturated heterocycles. The topological polar surface area (TPSA) is 3.24 Å². The molecule has 0 bridgehead atoms. The molecule has 6 rings (SSSR count). The number of hydrogen-bond acceptors (Lipinski definition) is 1. The van der Waals surface area contributed by atoms with Gasteiger partial charge in [-0.1, -0.05) is 109 Å². The highest BCUT2D eigenvalue weighted by molar-refractivity contribution is 5.94. The molecule has 37 heavy (non-hydrogen) atoms. The fraction of sp³-hybridized carbons (Fsp3) is 0.0556. The van der Waals surface area contributed by atoms with Gasteiger partial charge in [-0.25, -0.2) is 0 Å². The molecule has 0 unspecified atom stereocenters. The number of aryl methyl sites for hydroxylation is 2. The monoisotopic (exact) mass is 475 g/mol. The summed E-state index contributed by atoms with van der Waals surface area (Å²) in [6.45, 7) is 4.33. The second-order valence-corrected chi connectivity index (χ2v) is 9.60. The van der Waals surface area contributed by atoms with Gasteiger partial charge < -0.3 is 4.90 Å². The lowest BCUT2D eigenvalue weighted by atomic mass is 9.96. The Morgan fingerprint density at radius 1 is 0.486 bits per heavy atom. The van der Waals surface area contributed by atoms with Crippen LogP contribution in [0.2, 0.25) is 0 Å². The number of benzene rings is 5. The maximum atomic E-state index is 2.38. The smallest absolute Gasteiger partial charge is 0.0540 e. The number of hydrogen-bond donors (Lipinski definition) is 0. The largest absolute Gasteiger partial charge is 0.309 e. The Bertz CT molecular complexity index is 1640. The Kier molecular flexibility index (Phi) is 6.04. The summed E-state index contributed by atoms with van der Waals surface area (Å²) in [7, 11) is 0. The lowest BCUT2D eigenvalue weighted by molar-refractivity contribution is 1.28. The molecule has 178 valence electrons. The molecule has 0 fully saturated rings. The van der Waals surface area contributed by atoms with Crippen LogP contribution in [0.3, 0.4) is 0 Å². The van der Waals surface area contributed by atoms with E-state index < -0.39 is 0 Å². The van der Waals surface area contributed by atoms with Gasteiger partial charge in [-0.3, -0.25) is 0 Å². The third-order valence-electron chi connectivity index (χ3n) is 7.15. The number of nitrogens with zero attached hydrogens (tertiary/aromatic N) is 1. The maximum Gasteiger partial charge on any atom is 0.0540 e. The first-order chi connectivity index (χ1) is 18.2. The minimum Gasteiger partial charge on any atom is -0.309 e. The molecule has 1 aliphatic heterocycles. The van der Waals surface area contributed by atoms with E-state index in [1.54, 1.807) is 0 Å². The van der Waals surface area contributed by atoms with Crippen molar-refractivity contribution >= 4 is 41.4 Å². The van der Waals surface area contributed by atoms with E-state index in [0.29, 0.717) is 0 Å². The fourth-order valence-corrected chi connectivity index (χ4v) is 5.01. The van der Waals surface area contributed by atoms with Crippen LogP contribution in [0.25, 0.3) is 35.4 Å². The van der Waals surface area contributed by atoms with E-state index >= 15 is 0 Å². The minimum absolute atomic E-state index is 1.16. The van der Waals surface area contributed by atoms with Crippen molar-refractivity contribution < 1.29 is 0 Å². The van der Waals surface area contributed by atoms with Crippen molar-refractivity contribution in [1.29, 1.82) is 0 Å². The molecule has 0 atom stereocenters. The van der Waals surface area contributed by atoms with E-state index in [1.807, 2.05) is 0 Å². The SMILES string of the molecule is Cc1ccccc1/C=C\c1cc(-c2ccc3c(c2)N(c2ccccc2)c2ccccc2C=C3)ccc1C. The summed E-state index contributed by atoms with van der Waals surface area (Å²) in [5.41, 5.74) is 13.4. The van der Waals surface area contributed by atoms with Crippen molar-refractivity contribution in [2.75, 3.05) is 4.90 Å². The second kappa shape index (κ2) is 9.79. The van der Waals surface area contributed by atoms with Gasteiger partial charge in [0.15, 0.2) is 0 Å². The molecule has 1 aliphatic rings. The normalized spacial score (nSPS) is 12.3. The highest BCUT2D eigenvalue weighted by Gasteiger charge is 2.20. The average molecular weight is 476 g/mol. The van der Waals surface area contributed by atoms with Gasteiger partial charge >= 0.3 is 0 Å². The molecule has 5 aromatic rings. The van der Waals surface area contributed by atoms with Crippen LogP contribution in [0.1, 0.15) is 33.4 Å². The lowest BCUT2D eigenvalue weighted by Crippen LogP contribution is -2.11. The van der Waals surface area contributed by atoms with Gasteiger partial charge in [0.05, 0.1) is 11.4 Å². The Morgan fingerprint density at radius 3 is 1.95 bits per heavy atom. The summed E-state index contributed by atoms with van der Waals surface area (Å²) in [6, 6.07) is 41.3. The van der Waals surface area contributed by atoms with Gasteiger partial charge in [0, 0.05) is 5.69 Å². The quantitative estimate of drug-likeness (QED) is 0.229. The van der Waals surface area contributed by atoms with E-state index in [0.717, 1.165) is 5.69 Å². The van der Waals surface area contributed by atoms with E-state index in [4.69, 9.17) is 0 Å². The zero-order valence-corrected chi connectivity index (χ0v) is 21.2. The van der Waals surface area contributed by atoms with Gasteiger partial charge in [0.2, 0.25) is 0 Å². The van der Waals surface area contributed by atoms with Crippen molar-refractivity contribution in [3.05, 3.63) is 149 Å². The van der Waals surface area contributed by atoms with E-state index in [1.165, 1.54) is 55.9 Å². The number of para-hydroxylation sites is 2. The third-order valence-corrected chi connectivity index (χ3v) is 7.15. The van der Waals surface area contributed by atoms with Crippen LogP contribution in [-0.2, 0) is 0 Å². The lowest BCUT2D eigenvalue weighted by Gasteiger charge is -2.27. The molecule has 0 amide bonds. The van der Waals surface area contributed by atoms with Crippen LogP contribution < -0.4 is 4.90 Å². The first-order valence-corrected chi connectivity index (χ1v) is 12.8. The Hall–Kier alpha value is -4.62. The minimum atomic E-state index is 1.16. The molecule has 0 N–H and O–H groups in total. The van der Waals surface area contributed by atoms with E-state index in [2.05, 4.69) is 158 Å². The van der Waals surface area contributed by atoms with Gasteiger partial charge in [-0.15, -0.1) is 0 Å². The zero-order valence-electron chi connectivity index (χ0n) is 21.2.